The Hall–Kier alpha value is -1.58. The number of carbonyl (C=O) groups excluding carboxylic acids is 1. The van der Waals surface area contributed by atoms with Crippen LogP contribution in [0.4, 0.5) is 5.69 Å². The van der Waals surface area contributed by atoms with Crippen LogP contribution < -0.4 is 10.6 Å². The number of amides is 1. The number of aromatic nitrogens is 1. The molecule has 0 aromatic carbocycles. The van der Waals surface area contributed by atoms with Crippen molar-refractivity contribution in [3.8, 4) is 0 Å². The molecule has 1 heterocycles. The third-order valence-corrected chi connectivity index (χ3v) is 3.55. The van der Waals surface area contributed by atoms with E-state index in [1.807, 2.05) is 6.07 Å². The summed E-state index contributed by atoms with van der Waals surface area (Å²) in [5.41, 5.74) is 1.26. The van der Waals surface area contributed by atoms with Gasteiger partial charge in [0.25, 0.3) is 5.91 Å². The first-order valence-corrected chi connectivity index (χ1v) is 7.07. The Morgan fingerprint density at radius 1 is 1.26 bits per heavy atom. The molecule has 2 N–H and O–H groups in total. The van der Waals surface area contributed by atoms with Crippen LogP contribution in [0.3, 0.4) is 0 Å². The smallest absolute Gasteiger partial charge is 0.270 e. The summed E-state index contributed by atoms with van der Waals surface area (Å²) >= 11 is 0. The normalized spacial score (nSPS) is 11.2. The second-order valence-corrected chi connectivity index (χ2v) is 5.08. The molecule has 0 aliphatic carbocycles. The SMILES string of the molecule is CCCNc1ccc(C(=O)NC(C)(CC)CC)nc1. The molecule has 106 valence electrons. The van der Waals surface area contributed by atoms with Gasteiger partial charge >= 0.3 is 0 Å². The summed E-state index contributed by atoms with van der Waals surface area (Å²) in [5.74, 6) is -0.103. The molecule has 4 heteroatoms. The van der Waals surface area contributed by atoms with Crippen LogP contribution in [0.15, 0.2) is 18.3 Å². The van der Waals surface area contributed by atoms with Crippen LogP contribution in [-0.4, -0.2) is 23.0 Å². The number of carbonyl (C=O) groups is 1. The van der Waals surface area contributed by atoms with E-state index in [0.717, 1.165) is 31.5 Å². The van der Waals surface area contributed by atoms with Gasteiger partial charge < -0.3 is 10.6 Å². The maximum absolute atomic E-state index is 12.1. The van der Waals surface area contributed by atoms with Crippen molar-refractivity contribution in [3.63, 3.8) is 0 Å². The van der Waals surface area contributed by atoms with E-state index in [1.165, 1.54) is 0 Å². The molecule has 1 aromatic heterocycles. The number of rotatable bonds is 7. The largest absolute Gasteiger partial charge is 0.384 e. The predicted molar refractivity (Wildman–Crippen MR) is 79.5 cm³/mol. The molecule has 0 fully saturated rings. The van der Waals surface area contributed by atoms with Crippen LogP contribution in [0.5, 0.6) is 0 Å². The summed E-state index contributed by atoms with van der Waals surface area (Å²) in [4.78, 5) is 16.3. The number of nitrogens with zero attached hydrogens (tertiary/aromatic N) is 1. The first-order valence-electron chi connectivity index (χ1n) is 7.07. The van der Waals surface area contributed by atoms with Gasteiger partial charge in [-0.2, -0.15) is 0 Å². The third-order valence-electron chi connectivity index (χ3n) is 3.55. The first kappa shape index (κ1) is 15.5. The fourth-order valence-corrected chi connectivity index (χ4v) is 1.67. The van der Waals surface area contributed by atoms with Crippen molar-refractivity contribution < 1.29 is 4.79 Å². The minimum atomic E-state index is -0.155. The molecular weight excluding hydrogens is 238 g/mol. The molecule has 19 heavy (non-hydrogen) atoms. The van der Waals surface area contributed by atoms with Crippen LogP contribution in [0.2, 0.25) is 0 Å². The standard InChI is InChI=1S/C15H25N3O/c1-5-10-16-12-8-9-13(17-11-12)14(19)18-15(4,6-2)7-3/h8-9,11,16H,5-7,10H2,1-4H3,(H,18,19). The van der Waals surface area contributed by atoms with Crippen molar-refractivity contribution in [3.05, 3.63) is 24.0 Å². The lowest BCUT2D eigenvalue weighted by atomic mass is 9.95. The van der Waals surface area contributed by atoms with Crippen LogP contribution >= 0.6 is 0 Å². The predicted octanol–water partition coefficient (Wildman–Crippen LogP) is 3.21. The maximum Gasteiger partial charge on any atom is 0.270 e. The Balaban J connectivity index is 2.67. The lowest BCUT2D eigenvalue weighted by molar-refractivity contribution is 0.0896. The average Bonchev–Trinajstić information content (AvgIpc) is 2.45. The van der Waals surface area contributed by atoms with Crippen molar-refractivity contribution in [2.45, 2.75) is 52.5 Å². The summed E-state index contributed by atoms with van der Waals surface area (Å²) in [6.07, 6.45) is 4.59. The summed E-state index contributed by atoms with van der Waals surface area (Å²) in [7, 11) is 0. The van der Waals surface area contributed by atoms with Gasteiger partial charge in [-0.25, -0.2) is 4.98 Å². The highest BCUT2D eigenvalue weighted by Crippen LogP contribution is 2.14. The van der Waals surface area contributed by atoms with Gasteiger partial charge in [0.05, 0.1) is 11.9 Å². The molecule has 0 radical (unpaired) electrons. The van der Waals surface area contributed by atoms with Gasteiger partial charge in [0.15, 0.2) is 0 Å². The van der Waals surface area contributed by atoms with Crippen LogP contribution in [-0.2, 0) is 0 Å². The lowest BCUT2D eigenvalue weighted by Gasteiger charge is -2.28. The Morgan fingerprint density at radius 3 is 2.42 bits per heavy atom. The molecule has 4 nitrogen and oxygen atoms in total. The van der Waals surface area contributed by atoms with E-state index >= 15 is 0 Å². The number of pyridine rings is 1. The minimum Gasteiger partial charge on any atom is -0.384 e. The highest BCUT2D eigenvalue weighted by atomic mass is 16.2. The van der Waals surface area contributed by atoms with Gasteiger partial charge in [0, 0.05) is 12.1 Å². The quantitative estimate of drug-likeness (QED) is 0.794. The van der Waals surface area contributed by atoms with E-state index in [4.69, 9.17) is 0 Å². The van der Waals surface area contributed by atoms with E-state index in [1.54, 1.807) is 12.3 Å². The molecule has 0 saturated carbocycles. The summed E-state index contributed by atoms with van der Waals surface area (Å²) in [6.45, 7) is 9.24. The van der Waals surface area contributed by atoms with Crippen LogP contribution in [0.1, 0.15) is 57.4 Å². The van der Waals surface area contributed by atoms with Gasteiger partial charge in [-0.15, -0.1) is 0 Å². The maximum atomic E-state index is 12.1. The third kappa shape index (κ3) is 4.54. The second-order valence-electron chi connectivity index (χ2n) is 5.08. The molecule has 0 saturated heterocycles. The molecule has 0 aliphatic rings. The minimum absolute atomic E-state index is 0.103. The fourth-order valence-electron chi connectivity index (χ4n) is 1.67. The van der Waals surface area contributed by atoms with E-state index < -0.39 is 0 Å². The van der Waals surface area contributed by atoms with Gasteiger partial charge in [-0.1, -0.05) is 20.8 Å². The number of hydrogen-bond acceptors (Lipinski definition) is 3. The van der Waals surface area contributed by atoms with Gasteiger partial charge in [0.2, 0.25) is 0 Å². The van der Waals surface area contributed by atoms with E-state index in [9.17, 15) is 4.79 Å². The average molecular weight is 263 g/mol. The van der Waals surface area contributed by atoms with Crippen LogP contribution in [0.25, 0.3) is 0 Å². The molecule has 0 atom stereocenters. The van der Waals surface area contributed by atoms with Crippen molar-refractivity contribution in [2.24, 2.45) is 0 Å². The van der Waals surface area contributed by atoms with E-state index in [2.05, 4.69) is 43.3 Å². The first-order chi connectivity index (χ1) is 9.04. The summed E-state index contributed by atoms with van der Waals surface area (Å²) in [6, 6.07) is 3.66. The molecule has 0 spiro atoms. The Labute approximate surface area is 116 Å². The highest BCUT2D eigenvalue weighted by Gasteiger charge is 2.22. The number of anilines is 1. The summed E-state index contributed by atoms with van der Waals surface area (Å²) in [5, 5.41) is 6.29. The molecule has 1 aromatic rings. The molecular formula is C15H25N3O. The zero-order valence-electron chi connectivity index (χ0n) is 12.4. The number of hydrogen-bond donors (Lipinski definition) is 2. The van der Waals surface area contributed by atoms with Gasteiger partial charge in [-0.3, -0.25) is 4.79 Å². The second kappa shape index (κ2) is 7.12. The Kier molecular flexibility index (Phi) is 5.80. The molecule has 1 amide bonds. The van der Waals surface area contributed by atoms with E-state index in [-0.39, 0.29) is 11.4 Å². The summed E-state index contributed by atoms with van der Waals surface area (Å²) < 4.78 is 0. The lowest BCUT2D eigenvalue weighted by Crippen LogP contribution is -2.45. The van der Waals surface area contributed by atoms with Crippen molar-refractivity contribution >= 4 is 11.6 Å². The van der Waals surface area contributed by atoms with E-state index in [0.29, 0.717) is 5.69 Å². The highest BCUT2D eigenvalue weighted by molar-refractivity contribution is 5.92. The van der Waals surface area contributed by atoms with Gasteiger partial charge in [0.1, 0.15) is 5.69 Å². The fraction of sp³-hybridized carbons (Fsp3) is 0.600. The van der Waals surface area contributed by atoms with Crippen molar-refractivity contribution in [2.75, 3.05) is 11.9 Å². The van der Waals surface area contributed by atoms with Gasteiger partial charge in [-0.05, 0) is 38.3 Å². The molecule has 0 unspecified atom stereocenters. The zero-order valence-corrected chi connectivity index (χ0v) is 12.4. The molecule has 0 aliphatic heterocycles. The Morgan fingerprint density at radius 2 is 1.95 bits per heavy atom. The number of nitrogens with one attached hydrogen (secondary N) is 2. The Bertz CT molecular complexity index is 396. The van der Waals surface area contributed by atoms with Crippen molar-refractivity contribution in [1.82, 2.24) is 10.3 Å². The molecule has 1 rings (SSSR count). The van der Waals surface area contributed by atoms with Crippen molar-refractivity contribution in [1.29, 1.82) is 0 Å². The topological polar surface area (TPSA) is 54.0 Å². The zero-order chi connectivity index (χ0) is 14.3. The monoisotopic (exact) mass is 263 g/mol. The molecule has 0 bridgehead atoms. The van der Waals surface area contributed by atoms with Crippen LogP contribution in [0, 0.1) is 0 Å².